The second kappa shape index (κ2) is 9.31. The Kier molecular flexibility index (Phi) is 7.56. The lowest BCUT2D eigenvalue weighted by Gasteiger charge is -2.03. The Balaban J connectivity index is 2.25. The van der Waals surface area contributed by atoms with E-state index in [2.05, 4.69) is 17.5 Å². The molecule has 0 fully saturated rings. The summed E-state index contributed by atoms with van der Waals surface area (Å²) >= 11 is 0. The van der Waals surface area contributed by atoms with E-state index in [9.17, 15) is 4.79 Å². The van der Waals surface area contributed by atoms with Crippen LogP contribution in [0.2, 0.25) is 0 Å². The molecule has 1 N–H and O–H groups in total. The fraction of sp³-hybridized carbons (Fsp3) is 0.500. The number of hydrogen-bond donors (Lipinski definition) is 1. The van der Waals surface area contributed by atoms with Crippen LogP contribution >= 0.6 is 0 Å². The highest BCUT2D eigenvalue weighted by Gasteiger charge is 2.01. The molecule has 0 aliphatic carbocycles. The van der Waals surface area contributed by atoms with Crippen LogP contribution in [0.4, 0.5) is 0 Å². The van der Waals surface area contributed by atoms with E-state index in [1.807, 2.05) is 37.3 Å². The molecule has 0 spiro atoms. The Bertz CT molecular complexity index is 398. The Labute approximate surface area is 116 Å². The number of unbranched alkanes of at least 4 members (excludes halogenated alkanes) is 4. The zero-order valence-electron chi connectivity index (χ0n) is 12.0. The molecule has 0 unspecified atom stereocenters. The minimum Gasteiger partial charge on any atom is -0.273 e. The molecule has 0 bridgehead atoms. The van der Waals surface area contributed by atoms with Gasteiger partial charge in [0.2, 0.25) is 5.91 Å². The van der Waals surface area contributed by atoms with Crippen LogP contribution in [0.15, 0.2) is 35.4 Å². The van der Waals surface area contributed by atoms with Crippen molar-refractivity contribution < 1.29 is 4.79 Å². The highest BCUT2D eigenvalue weighted by molar-refractivity contribution is 5.99. The maximum Gasteiger partial charge on any atom is 0.240 e. The van der Waals surface area contributed by atoms with Crippen LogP contribution in [0.5, 0.6) is 0 Å². The van der Waals surface area contributed by atoms with Crippen molar-refractivity contribution in [3.05, 3.63) is 35.9 Å². The molecule has 0 atom stereocenters. The molecule has 1 amide bonds. The maximum atomic E-state index is 11.6. The first kappa shape index (κ1) is 15.4. The first-order valence-electron chi connectivity index (χ1n) is 7.12. The number of nitrogens with one attached hydrogen (secondary N) is 1. The van der Waals surface area contributed by atoms with Crippen LogP contribution in [0.25, 0.3) is 0 Å². The lowest BCUT2D eigenvalue weighted by molar-refractivity contribution is -0.121. The number of hydrogen-bond acceptors (Lipinski definition) is 2. The monoisotopic (exact) mass is 260 g/mol. The number of nitrogens with zero attached hydrogens (tertiary/aromatic N) is 1. The second-order valence-electron chi connectivity index (χ2n) is 4.76. The highest BCUT2D eigenvalue weighted by Crippen LogP contribution is 2.05. The van der Waals surface area contributed by atoms with Crippen molar-refractivity contribution in [3.8, 4) is 0 Å². The van der Waals surface area contributed by atoms with Gasteiger partial charge in [0, 0.05) is 6.42 Å². The molecule has 0 aliphatic heterocycles. The van der Waals surface area contributed by atoms with Crippen LogP contribution < -0.4 is 5.43 Å². The average molecular weight is 260 g/mol. The number of carbonyl (C=O) groups is 1. The third-order valence-corrected chi connectivity index (χ3v) is 3.05. The lowest BCUT2D eigenvalue weighted by atomic mass is 10.1. The standard InChI is InChI=1S/C16H24N2O/c1-3-4-5-6-10-13-16(19)18-17-14(2)15-11-8-7-9-12-15/h7-9,11-12H,3-6,10,13H2,1-2H3,(H,18,19)/b17-14+. The Hall–Kier alpha value is -1.64. The average Bonchev–Trinajstić information content (AvgIpc) is 2.45. The van der Waals surface area contributed by atoms with E-state index in [4.69, 9.17) is 0 Å². The van der Waals surface area contributed by atoms with Gasteiger partial charge in [0.25, 0.3) is 0 Å². The second-order valence-corrected chi connectivity index (χ2v) is 4.76. The van der Waals surface area contributed by atoms with Gasteiger partial charge in [-0.3, -0.25) is 4.79 Å². The van der Waals surface area contributed by atoms with Crippen LogP contribution in [0.3, 0.4) is 0 Å². The van der Waals surface area contributed by atoms with Crippen molar-refractivity contribution in [1.29, 1.82) is 0 Å². The van der Waals surface area contributed by atoms with Crippen molar-refractivity contribution in [2.75, 3.05) is 0 Å². The van der Waals surface area contributed by atoms with E-state index >= 15 is 0 Å². The molecule has 1 aromatic carbocycles. The molecular weight excluding hydrogens is 236 g/mol. The van der Waals surface area contributed by atoms with Gasteiger partial charge >= 0.3 is 0 Å². The summed E-state index contributed by atoms with van der Waals surface area (Å²) in [4.78, 5) is 11.6. The molecule has 0 saturated heterocycles. The third kappa shape index (κ3) is 6.75. The summed E-state index contributed by atoms with van der Waals surface area (Å²) in [5.74, 6) is 0.00628. The fourth-order valence-electron chi connectivity index (χ4n) is 1.84. The van der Waals surface area contributed by atoms with Gasteiger partial charge in [0.15, 0.2) is 0 Å². The molecular formula is C16H24N2O. The van der Waals surface area contributed by atoms with E-state index in [1.165, 1.54) is 19.3 Å². The number of hydrazone groups is 1. The number of amides is 1. The Morgan fingerprint density at radius 3 is 2.47 bits per heavy atom. The number of rotatable bonds is 8. The van der Waals surface area contributed by atoms with E-state index in [1.54, 1.807) is 0 Å². The third-order valence-electron chi connectivity index (χ3n) is 3.05. The van der Waals surface area contributed by atoms with Crippen LogP contribution in [-0.4, -0.2) is 11.6 Å². The van der Waals surface area contributed by atoms with E-state index < -0.39 is 0 Å². The molecule has 1 aromatic rings. The molecule has 0 saturated carbocycles. The minimum atomic E-state index is 0.00628. The molecule has 19 heavy (non-hydrogen) atoms. The summed E-state index contributed by atoms with van der Waals surface area (Å²) in [6, 6.07) is 9.85. The van der Waals surface area contributed by atoms with Gasteiger partial charge < -0.3 is 0 Å². The van der Waals surface area contributed by atoms with E-state index in [0.29, 0.717) is 6.42 Å². The molecule has 0 aromatic heterocycles. The zero-order chi connectivity index (χ0) is 13.9. The van der Waals surface area contributed by atoms with E-state index in [0.717, 1.165) is 24.1 Å². The first-order chi connectivity index (χ1) is 9.24. The van der Waals surface area contributed by atoms with Gasteiger partial charge in [-0.2, -0.15) is 5.10 Å². The number of benzene rings is 1. The summed E-state index contributed by atoms with van der Waals surface area (Å²) in [5.41, 5.74) is 4.49. The van der Waals surface area contributed by atoms with Crippen molar-refractivity contribution in [3.63, 3.8) is 0 Å². The van der Waals surface area contributed by atoms with Crippen molar-refractivity contribution in [2.24, 2.45) is 5.10 Å². The molecule has 3 nitrogen and oxygen atoms in total. The first-order valence-corrected chi connectivity index (χ1v) is 7.12. The molecule has 3 heteroatoms. The SMILES string of the molecule is CCCCCCCC(=O)N/N=C(\C)c1ccccc1. The quantitative estimate of drug-likeness (QED) is 0.430. The normalized spacial score (nSPS) is 11.4. The van der Waals surface area contributed by atoms with Gasteiger partial charge in [-0.25, -0.2) is 5.43 Å². The predicted molar refractivity (Wildman–Crippen MR) is 80.2 cm³/mol. The molecule has 0 heterocycles. The smallest absolute Gasteiger partial charge is 0.240 e. The summed E-state index contributed by atoms with van der Waals surface area (Å²) < 4.78 is 0. The predicted octanol–water partition coefficient (Wildman–Crippen LogP) is 3.89. The summed E-state index contributed by atoms with van der Waals surface area (Å²) in [6.07, 6.45) is 6.35. The van der Waals surface area contributed by atoms with Crippen LogP contribution in [0.1, 0.15) is 57.9 Å². The zero-order valence-corrected chi connectivity index (χ0v) is 12.0. The summed E-state index contributed by atoms with van der Waals surface area (Å²) in [7, 11) is 0. The molecule has 104 valence electrons. The molecule has 1 rings (SSSR count). The Morgan fingerprint density at radius 2 is 1.79 bits per heavy atom. The fourth-order valence-corrected chi connectivity index (χ4v) is 1.84. The Morgan fingerprint density at radius 1 is 1.11 bits per heavy atom. The van der Waals surface area contributed by atoms with Gasteiger partial charge in [-0.1, -0.05) is 62.9 Å². The van der Waals surface area contributed by atoms with Gasteiger partial charge in [0.1, 0.15) is 0 Å². The maximum absolute atomic E-state index is 11.6. The minimum absolute atomic E-state index is 0.00628. The van der Waals surface area contributed by atoms with Gasteiger partial charge in [0.05, 0.1) is 5.71 Å². The van der Waals surface area contributed by atoms with Gasteiger partial charge in [-0.05, 0) is 18.9 Å². The van der Waals surface area contributed by atoms with Crippen molar-refractivity contribution in [2.45, 2.75) is 52.4 Å². The van der Waals surface area contributed by atoms with Crippen molar-refractivity contribution >= 4 is 11.6 Å². The van der Waals surface area contributed by atoms with Crippen LogP contribution in [0, 0.1) is 0 Å². The van der Waals surface area contributed by atoms with E-state index in [-0.39, 0.29) is 5.91 Å². The van der Waals surface area contributed by atoms with Gasteiger partial charge in [-0.15, -0.1) is 0 Å². The largest absolute Gasteiger partial charge is 0.273 e. The summed E-state index contributed by atoms with van der Waals surface area (Å²) in [5, 5.41) is 4.13. The highest BCUT2D eigenvalue weighted by atomic mass is 16.2. The molecule has 0 aliphatic rings. The lowest BCUT2D eigenvalue weighted by Crippen LogP contribution is -2.18. The molecule has 0 radical (unpaired) electrons. The summed E-state index contributed by atoms with van der Waals surface area (Å²) in [6.45, 7) is 4.09. The van der Waals surface area contributed by atoms with Crippen LogP contribution in [-0.2, 0) is 4.79 Å². The topological polar surface area (TPSA) is 41.5 Å². The number of carbonyl (C=O) groups excluding carboxylic acids is 1. The van der Waals surface area contributed by atoms with Crippen molar-refractivity contribution in [1.82, 2.24) is 5.43 Å².